The van der Waals surface area contributed by atoms with E-state index in [-0.39, 0.29) is 0 Å². The molecule has 0 heterocycles. The minimum absolute atomic E-state index is 1.15. The van der Waals surface area contributed by atoms with E-state index in [0.29, 0.717) is 0 Å². The molecule has 0 saturated heterocycles. The van der Waals surface area contributed by atoms with E-state index in [1.807, 2.05) is 0 Å². The molecule has 3 rings (SSSR count). The van der Waals surface area contributed by atoms with Crippen molar-refractivity contribution in [2.24, 2.45) is 0 Å². The van der Waals surface area contributed by atoms with Gasteiger partial charge in [0.15, 0.2) is 0 Å². The van der Waals surface area contributed by atoms with Crippen molar-refractivity contribution < 1.29 is 0 Å². The van der Waals surface area contributed by atoms with Gasteiger partial charge >= 0.3 is 0 Å². The molecule has 0 aromatic heterocycles. The summed E-state index contributed by atoms with van der Waals surface area (Å²) in [6, 6.07) is 23.8. The largest absolute Gasteiger partial charge is 0.0622 e. The number of unbranched alkanes of at least 4 members (excludes halogenated alkanes) is 1. The lowest BCUT2D eigenvalue weighted by atomic mass is 9.99. The highest BCUT2D eigenvalue weighted by Gasteiger charge is 2.04. The smallest absolute Gasteiger partial charge is 0.0256 e. The fourth-order valence-corrected chi connectivity index (χ4v) is 3.50. The number of benzene rings is 3. The van der Waals surface area contributed by atoms with Crippen LogP contribution in [0.5, 0.6) is 0 Å². The molecular weight excluding hydrogens is 320 g/mol. The number of rotatable bonds is 5. The van der Waals surface area contributed by atoms with E-state index in [9.17, 15) is 0 Å². The SMILES string of the molecule is Brc1cccc2cccc(CCCCc3ccccc3)c12. The molecule has 0 aliphatic heterocycles. The second-order valence-electron chi connectivity index (χ2n) is 5.45. The van der Waals surface area contributed by atoms with Crippen molar-refractivity contribution >= 4 is 26.7 Å². The van der Waals surface area contributed by atoms with Crippen LogP contribution in [0, 0.1) is 0 Å². The van der Waals surface area contributed by atoms with Crippen LogP contribution in [-0.2, 0) is 12.8 Å². The van der Waals surface area contributed by atoms with Gasteiger partial charge in [0.25, 0.3) is 0 Å². The Bertz CT molecular complexity index is 711. The summed E-state index contributed by atoms with van der Waals surface area (Å²) in [6.45, 7) is 0. The molecule has 0 N–H and O–H groups in total. The second-order valence-corrected chi connectivity index (χ2v) is 6.30. The molecule has 0 unspecified atom stereocenters. The Kier molecular flexibility index (Phi) is 4.72. The Hall–Kier alpha value is -1.60. The van der Waals surface area contributed by atoms with E-state index in [4.69, 9.17) is 0 Å². The zero-order valence-corrected chi connectivity index (χ0v) is 13.6. The van der Waals surface area contributed by atoms with Gasteiger partial charge in [0.05, 0.1) is 0 Å². The van der Waals surface area contributed by atoms with E-state index in [1.54, 1.807) is 0 Å². The summed E-state index contributed by atoms with van der Waals surface area (Å²) in [6.07, 6.45) is 4.79. The van der Waals surface area contributed by atoms with Crippen molar-refractivity contribution in [2.75, 3.05) is 0 Å². The van der Waals surface area contributed by atoms with Gasteiger partial charge in [0, 0.05) is 4.47 Å². The molecule has 3 aromatic rings. The van der Waals surface area contributed by atoms with Gasteiger partial charge < -0.3 is 0 Å². The molecule has 0 nitrogen and oxygen atoms in total. The number of hydrogen-bond donors (Lipinski definition) is 0. The molecular formula is C20H19Br. The van der Waals surface area contributed by atoms with Crippen LogP contribution in [0.15, 0.2) is 71.2 Å². The minimum Gasteiger partial charge on any atom is -0.0622 e. The third kappa shape index (κ3) is 3.54. The fourth-order valence-electron chi connectivity index (χ4n) is 2.87. The highest BCUT2D eigenvalue weighted by molar-refractivity contribution is 9.10. The summed E-state index contributed by atoms with van der Waals surface area (Å²) < 4.78 is 1.21. The van der Waals surface area contributed by atoms with Crippen molar-refractivity contribution in [3.05, 3.63) is 82.3 Å². The van der Waals surface area contributed by atoms with Crippen molar-refractivity contribution in [3.63, 3.8) is 0 Å². The summed E-state index contributed by atoms with van der Waals surface area (Å²) in [5, 5.41) is 2.70. The predicted octanol–water partition coefficient (Wildman–Crippen LogP) is 6.17. The topological polar surface area (TPSA) is 0 Å². The van der Waals surface area contributed by atoms with Crippen LogP contribution in [0.1, 0.15) is 24.0 Å². The number of fused-ring (bicyclic) bond motifs is 1. The van der Waals surface area contributed by atoms with Crippen LogP contribution in [0.3, 0.4) is 0 Å². The Balaban J connectivity index is 1.66. The van der Waals surface area contributed by atoms with Crippen molar-refractivity contribution in [1.82, 2.24) is 0 Å². The summed E-state index contributed by atoms with van der Waals surface area (Å²) in [7, 11) is 0. The molecule has 0 radical (unpaired) electrons. The zero-order valence-electron chi connectivity index (χ0n) is 12.1. The van der Waals surface area contributed by atoms with Gasteiger partial charge in [-0.2, -0.15) is 0 Å². The third-order valence-electron chi connectivity index (χ3n) is 3.94. The average Bonchev–Trinajstić information content (AvgIpc) is 2.53. The van der Waals surface area contributed by atoms with Gasteiger partial charge in [-0.3, -0.25) is 0 Å². The molecule has 106 valence electrons. The van der Waals surface area contributed by atoms with Crippen LogP contribution < -0.4 is 0 Å². The summed E-state index contributed by atoms with van der Waals surface area (Å²) >= 11 is 3.69. The quantitative estimate of drug-likeness (QED) is 0.488. The number of aryl methyl sites for hydroxylation is 2. The van der Waals surface area contributed by atoms with Crippen LogP contribution in [0.25, 0.3) is 10.8 Å². The molecule has 0 amide bonds. The lowest BCUT2D eigenvalue weighted by molar-refractivity contribution is 0.737. The van der Waals surface area contributed by atoms with E-state index >= 15 is 0 Å². The lowest BCUT2D eigenvalue weighted by Crippen LogP contribution is -1.91. The van der Waals surface area contributed by atoms with Crippen LogP contribution >= 0.6 is 15.9 Å². The van der Waals surface area contributed by atoms with Crippen LogP contribution in [-0.4, -0.2) is 0 Å². The van der Waals surface area contributed by atoms with Gasteiger partial charge in [0.1, 0.15) is 0 Å². The van der Waals surface area contributed by atoms with Crippen LogP contribution in [0.2, 0.25) is 0 Å². The first-order valence-corrected chi connectivity index (χ1v) is 8.34. The first-order chi connectivity index (χ1) is 10.3. The van der Waals surface area contributed by atoms with E-state index in [0.717, 1.165) is 6.42 Å². The fraction of sp³-hybridized carbons (Fsp3) is 0.200. The predicted molar refractivity (Wildman–Crippen MR) is 94.7 cm³/mol. The van der Waals surface area contributed by atoms with E-state index in [1.165, 1.54) is 45.6 Å². The molecule has 0 saturated carbocycles. The molecule has 0 spiro atoms. The van der Waals surface area contributed by atoms with Gasteiger partial charge in [-0.05, 0) is 53.6 Å². The van der Waals surface area contributed by atoms with Crippen molar-refractivity contribution in [3.8, 4) is 0 Å². The summed E-state index contributed by atoms with van der Waals surface area (Å²) in [5.74, 6) is 0. The highest BCUT2D eigenvalue weighted by atomic mass is 79.9. The molecule has 0 aliphatic carbocycles. The minimum atomic E-state index is 1.15. The van der Waals surface area contributed by atoms with Gasteiger partial charge in [0.2, 0.25) is 0 Å². The van der Waals surface area contributed by atoms with Gasteiger partial charge in [-0.25, -0.2) is 0 Å². The molecule has 3 aromatic carbocycles. The standard InChI is InChI=1S/C20H19Br/c21-19-15-7-14-18-13-6-12-17(20(18)19)11-5-4-10-16-8-2-1-3-9-16/h1-3,6-9,12-15H,4-5,10-11H2. The number of hydrogen-bond acceptors (Lipinski definition) is 0. The van der Waals surface area contributed by atoms with Gasteiger partial charge in [-0.15, -0.1) is 0 Å². The zero-order chi connectivity index (χ0) is 14.5. The van der Waals surface area contributed by atoms with Gasteiger partial charge in [-0.1, -0.05) is 76.6 Å². The maximum absolute atomic E-state index is 3.69. The monoisotopic (exact) mass is 338 g/mol. The normalized spacial score (nSPS) is 10.9. The molecule has 0 aliphatic rings. The van der Waals surface area contributed by atoms with E-state index in [2.05, 4.69) is 82.7 Å². The first kappa shape index (κ1) is 14.3. The Morgan fingerprint density at radius 1 is 0.667 bits per heavy atom. The average molecular weight is 339 g/mol. The highest BCUT2D eigenvalue weighted by Crippen LogP contribution is 2.28. The molecule has 1 heteroatoms. The molecule has 0 atom stereocenters. The van der Waals surface area contributed by atoms with Crippen LogP contribution in [0.4, 0.5) is 0 Å². The Morgan fingerprint density at radius 3 is 2.19 bits per heavy atom. The Labute approximate surface area is 134 Å². The third-order valence-corrected chi connectivity index (χ3v) is 4.61. The maximum Gasteiger partial charge on any atom is 0.0256 e. The Morgan fingerprint density at radius 2 is 1.38 bits per heavy atom. The summed E-state index contributed by atoms with van der Waals surface area (Å²) in [5.41, 5.74) is 2.89. The second kappa shape index (κ2) is 6.91. The molecule has 0 fully saturated rings. The number of halogens is 1. The molecule has 0 bridgehead atoms. The van der Waals surface area contributed by atoms with E-state index < -0.39 is 0 Å². The summed E-state index contributed by atoms with van der Waals surface area (Å²) in [4.78, 5) is 0. The van der Waals surface area contributed by atoms with Crippen molar-refractivity contribution in [1.29, 1.82) is 0 Å². The lowest BCUT2D eigenvalue weighted by Gasteiger charge is -2.08. The maximum atomic E-state index is 3.69. The first-order valence-electron chi connectivity index (χ1n) is 7.54. The molecule has 21 heavy (non-hydrogen) atoms. The van der Waals surface area contributed by atoms with Crippen molar-refractivity contribution in [2.45, 2.75) is 25.7 Å².